The van der Waals surface area contributed by atoms with Crippen LogP contribution in [-0.4, -0.2) is 0 Å². The van der Waals surface area contributed by atoms with Crippen molar-refractivity contribution in [3.05, 3.63) is 54.7 Å². The summed E-state index contributed by atoms with van der Waals surface area (Å²) in [6, 6.07) is 13.5. The molecule has 0 aromatic heterocycles. The van der Waals surface area contributed by atoms with E-state index in [-0.39, 0.29) is 32.0 Å². The lowest BCUT2D eigenvalue weighted by Gasteiger charge is -2.22. The van der Waals surface area contributed by atoms with Crippen molar-refractivity contribution in [2.24, 2.45) is 0 Å². The van der Waals surface area contributed by atoms with Gasteiger partial charge in [0, 0.05) is 0 Å². The van der Waals surface area contributed by atoms with Crippen molar-refractivity contribution in [1.82, 2.24) is 0 Å². The largest absolute Gasteiger partial charge is 0.448 e. The Morgan fingerprint density at radius 1 is 0.682 bits per heavy atom. The van der Waals surface area contributed by atoms with E-state index in [1.807, 2.05) is 0 Å². The molecule has 22 heavy (non-hydrogen) atoms. The SMILES string of the molecule is CC(C)(C)c1ccc2c(c1)Oc1cc(C(C)(C)C)ccc1[I+]2. The highest BCUT2D eigenvalue weighted by atomic mass is 127. The molecule has 0 amide bonds. The van der Waals surface area contributed by atoms with E-state index >= 15 is 0 Å². The van der Waals surface area contributed by atoms with Gasteiger partial charge in [-0.1, -0.05) is 53.7 Å². The summed E-state index contributed by atoms with van der Waals surface area (Å²) < 4.78 is 9.06. The Labute approximate surface area is 144 Å². The minimum absolute atomic E-state index is 0.149. The summed E-state index contributed by atoms with van der Waals surface area (Å²) in [5.41, 5.74) is 2.99. The van der Waals surface area contributed by atoms with E-state index < -0.39 is 0 Å². The van der Waals surface area contributed by atoms with E-state index in [2.05, 4.69) is 77.9 Å². The van der Waals surface area contributed by atoms with Crippen molar-refractivity contribution in [2.75, 3.05) is 0 Å². The van der Waals surface area contributed by atoms with E-state index in [0.717, 1.165) is 11.5 Å². The number of fused-ring (bicyclic) bond motifs is 2. The molecule has 0 fully saturated rings. The highest BCUT2D eigenvalue weighted by Gasteiger charge is 2.33. The summed E-state index contributed by atoms with van der Waals surface area (Å²) in [7, 11) is 0. The molecule has 1 aliphatic rings. The van der Waals surface area contributed by atoms with Crippen LogP contribution in [0.3, 0.4) is 0 Å². The van der Waals surface area contributed by atoms with Crippen molar-refractivity contribution in [3.8, 4) is 11.5 Å². The lowest BCUT2D eigenvalue weighted by Crippen LogP contribution is -3.61. The zero-order chi connectivity index (χ0) is 16.1. The molecule has 0 saturated heterocycles. The topological polar surface area (TPSA) is 9.23 Å². The first kappa shape index (κ1) is 15.9. The number of benzene rings is 2. The highest BCUT2D eigenvalue weighted by molar-refractivity contribution is 5.40. The smallest absolute Gasteiger partial charge is 0.366 e. The van der Waals surface area contributed by atoms with Crippen LogP contribution in [-0.2, 0) is 10.8 Å². The first-order chi connectivity index (χ1) is 10.1. The quantitative estimate of drug-likeness (QED) is 0.521. The predicted molar refractivity (Wildman–Crippen MR) is 87.8 cm³/mol. The molecule has 0 atom stereocenters. The summed E-state index contributed by atoms with van der Waals surface area (Å²) in [4.78, 5) is 0. The number of hydrogen-bond acceptors (Lipinski definition) is 1. The summed E-state index contributed by atoms with van der Waals surface area (Å²) >= 11 is -0.149. The van der Waals surface area contributed by atoms with Gasteiger partial charge in [-0.05, 0) is 46.2 Å². The molecule has 3 rings (SSSR count). The van der Waals surface area contributed by atoms with Crippen LogP contribution >= 0.6 is 0 Å². The lowest BCUT2D eigenvalue weighted by atomic mass is 9.87. The van der Waals surface area contributed by atoms with Crippen LogP contribution < -0.4 is 25.9 Å². The van der Waals surface area contributed by atoms with Gasteiger partial charge in [0.05, 0.1) is 0 Å². The second kappa shape index (κ2) is 5.26. The molecule has 116 valence electrons. The van der Waals surface area contributed by atoms with E-state index in [1.54, 1.807) is 0 Å². The maximum absolute atomic E-state index is 6.28. The second-order valence-electron chi connectivity index (χ2n) is 7.99. The van der Waals surface area contributed by atoms with Crippen LogP contribution in [0.1, 0.15) is 52.7 Å². The lowest BCUT2D eigenvalue weighted by molar-refractivity contribution is -0.602. The van der Waals surface area contributed by atoms with Crippen molar-refractivity contribution in [3.63, 3.8) is 0 Å². The van der Waals surface area contributed by atoms with Crippen LogP contribution in [0.5, 0.6) is 11.5 Å². The molecule has 0 aliphatic carbocycles. The summed E-state index contributed by atoms with van der Waals surface area (Å²) in [6.45, 7) is 13.5. The number of ether oxygens (including phenoxy) is 1. The van der Waals surface area contributed by atoms with Gasteiger partial charge >= 0.3 is 21.2 Å². The molecule has 0 radical (unpaired) electrons. The fraction of sp³-hybridized carbons (Fsp3) is 0.400. The standard InChI is InChI=1S/C20H24IO/c1-19(2,3)13-7-9-15-17(11-13)22-18-12-14(20(4,5)6)8-10-16(18)21-15/h7-12H,1-6H3/q+1. The number of rotatable bonds is 0. The van der Waals surface area contributed by atoms with Crippen molar-refractivity contribution in [2.45, 2.75) is 52.4 Å². The number of halogens is 1. The fourth-order valence-corrected chi connectivity index (χ4v) is 4.89. The van der Waals surface area contributed by atoms with Gasteiger partial charge in [0.2, 0.25) is 7.14 Å². The van der Waals surface area contributed by atoms with Gasteiger partial charge in [0.1, 0.15) is 0 Å². The molecule has 0 unspecified atom stereocenters. The van der Waals surface area contributed by atoms with E-state index in [4.69, 9.17) is 4.74 Å². The van der Waals surface area contributed by atoms with Crippen molar-refractivity contribution < 1.29 is 25.9 Å². The molecule has 0 saturated carbocycles. The molecular formula is C20H24IO+. The normalized spacial score (nSPS) is 14.1. The predicted octanol–water partition coefficient (Wildman–Crippen LogP) is 2.52. The monoisotopic (exact) mass is 407 g/mol. The van der Waals surface area contributed by atoms with E-state index in [0.29, 0.717) is 0 Å². The third-order valence-electron chi connectivity index (χ3n) is 4.02. The summed E-state index contributed by atoms with van der Waals surface area (Å²) in [5, 5.41) is 0. The third-order valence-corrected chi connectivity index (χ3v) is 6.96. The minimum atomic E-state index is -0.149. The molecular weight excluding hydrogens is 383 g/mol. The van der Waals surface area contributed by atoms with Gasteiger partial charge in [0.15, 0.2) is 11.5 Å². The zero-order valence-corrected chi connectivity index (χ0v) is 16.4. The maximum Gasteiger partial charge on any atom is 0.366 e. The Hall–Kier alpha value is -1.03. The average molecular weight is 407 g/mol. The van der Waals surface area contributed by atoms with E-state index in [1.165, 1.54) is 18.3 Å². The minimum Gasteiger partial charge on any atom is -0.448 e. The number of hydrogen-bond donors (Lipinski definition) is 0. The van der Waals surface area contributed by atoms with Gasteiger partial charge in [0.25, 0.3) is 0 Å². The zero-order valence-electron chi connectivity index (χ0n) is 14.3. The van der Waals surface area contributed by atoms with Crippen molar-refractivity contribution in [1.29, 1.82) is 0 Å². The fourth-order valence-electron chi connectivity index (χ4n) is 2.48. The molecule has 0 bridgehead atoms. The average Bonchev–Trinajstić information content (AvgIpc) is 2.41. The molecule has 1 heterocycles. The van der Waals surface area contributed by atoms with Gasteiger partial charge in [-0.15, -0.1) is 0 Å². The van der Waals surface area contributed by atoms with Crippen LogP contribution in [0.25, 0.3) is 0 Å². The Bertz CT molecular complexity index is 656. The Morgan fingerprint density at radius 3 is 1.45 bits per heavy atom. The van der Waals surface area contributed by atoms with Gasteiger partial charge in [-0.25, -0.2) is 0 Å². The van der Waals surface area contributed by atoms with Crippen LogP contribution in [0.15, 0.2) is 36.4 Å². The Morgan fingerprint density at radius 2 is 1.09 bits per heavy atom. The molecule has 0 spiro atoms. The van der Waals surface area contributed by atoms with Gasteiger partial charge < -0.3 is 4.74 Å². The van der Waals surface area contributed by atoms with Gasteiger partial charge in [-0.3, -0.25) is 0 Å². The molecule has 2 aromatic carbocycles. The van der Waals surface area contributed by atoms with Crippen LogP contribution in [0.4, 0.5) is 0 Å². The van der Waals surface area contributed by atoms with Crippen LogP contribution in [0.2, 0.25) is 0 Å². The maximum atomic E-state index is 6.28. The van der Waals surface area contributed by atoms with Crippen LogP contribution in [0, 0.1) is 7.14 Å². The Balaban J connectivity index is 2.00. The molecule has 2 aromatic rings. The first-order valence-corrected chi connectivity index (χ1v) is 9.92. The summed E-state index contributed by atoms with van der Waals surface area (Å²) in [6.07, 6.45) is 0. The highest BCUT2D eigenvalue weighted by Crippen LogP contribution is 2.32. The second-order valence-corrected chi connectivity index (χ2v) is 10.9. The van der Waals surface area contributed by atoms with Gasteiger partial charge in [-0.2, -0.15) is 0 Å². The van der Waals surface area contributed by atoms with Crippen molar-refractivity contribution >= 4 is 0 Å². The molecule has 1 nitrogen and oxygen atoms in total. The Kier molecular flexibility index (Phi) is 3.79. The molecule has 0 N–H and O–H groups in total. The molecule has 1 aliphatic heterocycles. The molecule has 2 heteroatoms. The first-order valence-electron chi connectivity index (χ1n) is 7.76. The van der Waals surface area contributed by atoms with E-state index in [9.17, 15) is 0 Å². The third kappa shape index (κ3) is 3.03. The summed E-state index contributed by atoms with van der Waals surface area (Å²) in [5.74, 6) is 2.14.